The van der Waals surface area contributed by atoms with E-state index in [0.717, 1.165) is 39.1 Å². The molecule has 1 fully saturated rings. The molecule has 2 aromatic rings. The minimum Gasteiger partial charge on any atom is -0.493 e. The van der Waals surface area contributed by atoms with Gasteiger partial charge in [-0.05, 0) is 37.2 Å². The van der Waals surface area contributed by atoms with Gasteiger partial charge in [0.25, 0.3) is 0 Å². The van der Waals surface area contributed by atoms with Gasteiger partial charge in [0.15, 0.2) is 11.5 Å². The van der Waals surface area contributed by atoms with Crippen molar-refractivity contribution in [2.45, 2.75) is 6.42 Å². The highest BCUT2D eigenvalue weighted by molar-refractivity contribution is 5.89. The number of hydrogen-bond donors (Lipinski definition) is 2. The van der Waals surface area contributed by atoms with E-state index < -0.39 is 0 Å². The lowest BCUT2D eigenvalue weighted by Crippen LogP contribution is -2.47. The zero-order valence-electron chi connectivity index (χ0n) is 17.2. The normalized spacial score (nSPS) is 14.3. The minimum atomic E-state index is -0.217. The SMILES string of the molecule is COc1ccc(NC(=O)NCCCN2CCN(c3ccccc3)CC2)cc1OC. The lowest BCUT2D eigenvalue weighted by molar-refractivity contribution is 0.244. The van der Waals surface area contributed by atoms with E-state index >= 15 is 0 Å². The molecule has 1 aliphatic rings. The Bertz CT molecular complexity index is 777. The van der Waals surface area contributed by atoms with Crippen molar-refractivity contribution in [3.8, 4) is 11.5 Å². The van der Waals surface area contributed by atoms with E-state index in [2.05, 4.69) is 44.7 Å². The quantitative estimate of drug-likeness (QED) is 0.669. The molecule has 1 heterocycles. The number of urea groups is 1. The Labute approximate surface area is 172 Å². The van der Waals surface area contributed by atoms with Gasteiger partial charge >= 0.3 is 6.03 Å². The van der Waals surface area contributed by atoms with Gasteiger partial charge in [0.1, 0.15) is 0 Å². The van der Waals surface area contributed by atoms with Gasteiger partial charge in [-0.15, -0.1) is 0 Å². The topological polar surface area (TPSA) is 66.1 Å². The average Bonchev–Trinajstić information content (AvgIpc) is 2.77. The van der Waals surface area contributed by atoms with E-state index in [1.54, 1.807) is 32.4 Å². The Kier molecular flexibility index (Phi) is 7.58. The second kappa shape index (κ2) is 10.6. The Morgan fingerprint density at radius 2 is 1.69 bits per heavy atom. The van der Waals surface area contributed by atoms with Crippen molar-refractivity contribution >= 4 is 17.4 Å². The molecule has 0 aliphatic carbocycles. The molecule has 2 aromatic carbocycles. The van der Waals surface area contributed by atoms with Crippen molar-refractivity contribution in [1.82, 2.24) is 10.2 Å². The molecule has 0 aromatic heterocycles. The fraction of sp³-hybridized carbons (Fsp3) is 0.409. The van der Waals surface area contributed by atoms with Gasteiger partial charge in [-0.1, -0.05) is 18.2 Å². The molecule has 0 saturated carbocycles. The largest absolute Gasteiger partial charge is 0.493 e. The lowest BCUT2D eigenvalue weighted by Gasteiger charge is -2.36. The predicted molar refractivity (Wildman–Crippen MR) is 116 cm³/mol. The second-order valence-corrected chi connectivity index (χ2v) is 6.97. The Hall–Kier alpha value is -2.93. The fourth-order valence-electron chi connectivity index (χ4n) is 3.46. The third kappa shape index (κ3) is 6.02. The maximum Gasteiger partial charge on any atom is 0.319 e. The van der Waals surface area contributed by atoms with Gasteiger partial charge in [0.05, 0.1) is 14.2 Å². The second-order valence-electron chi connectivity index (χ2n) is 6.97. The number of para-hydroxylation sites is 1. The zero-order chi connectivity index (χ0) is 20.5. The smallest absolute Gasteiger partial charge is 0.319 e. The van der Waals surface area contributed by atoms with Crippen LogP contribution in [-0.2, 0) is 0 Å². The minimum absolute atomic E-state index is 0.217. The highest BCUT2D eigenvalue weighted by Crippen LogP contribution is 2.29. The van der Waals surface area contributed by atoms with Crippen molar-refractivity contribution in [2.75, 3.05) is 63.7 Å². The number of nitrogens with one attached hydrogen (secondary N) is 2. The Morgan fingerprint density at radius 1 is 0.966 bits per heavy atom. The van der Waals surface area contributed by atoms with Gasteiger partial charge in [-0.25, -0.2) is 4.79 Å². The third-order valence-electron chi connectivity index (χ3n) is 5.07. The molecular weight excluding hydrogens is 368 g/mol. The van der Waals surface area contributed by atoms with Gasteiger partial charge in [0, 0.05) is 50.2 Å². The zero-order valence-corrected chi connectivity index (χ0v) is 17.2. The number of methoxy groups -OCH3 is 2. The predicted octanol–water partition coefficient (Wildman–Crippen LogP) is 3.04. The highest BCUT2D eigenvalue weighted by atomic mass is 16.5. The Balaban J connectivity index is 1.33. The van der Waals surface area contributed by atoms with Crippen molar-refractivity contribution in [3.63, 3.8) is 0 Å². The highest BCUT2D eigenvalue weighted by Gasteiger charge is 2.16. The van der Waals surface area contributed by atoms with Crippen LogP contribution >= 0.6 is 0 Å². The first-order valence-electron chi connectivity index (χ1n) is 9.99. The first-order chi connectivity index (χ1) is 14.2. The third-order valence-corrected chi connectivity index (χ3v) is 5.07. The number of hydrogen-bond acceptors (Lipinski definition) is 5. The molecule has 0 atom stereocenters. The molecule has 2 amide bonds. The van der Waals surface area contributed by atoms with E-state index in [4.69, 9.17) is 9.47 Å². The standard InChI is InChI=1S/C22H30N4O3/c1-28-20-10-9-18(17-21(20)29-2)24-22(27)23-11-6-12-25-13-15-26(16-14-25)19-7-4-3-5-8-19/h3-5,7-10,17H,6,11-16H2,1-2H3,(H2,23,24,27). The van der Waals surface area contributed by atoms with Gasteiger partial charge < -0.3 is 25.0 Å². The summed E-state index contributed by atoms with van der Waals surface area (Å²) in [6, 6.07) is 15.6. The summed E-state index contributed by atoms with van der Waals surface area (Å²) >= 11 is 0. The van der Waals surface area contributed by atoms with Crippen LogP contribution in [-0.4, -0.2) is 64.4 Å². The molecule has 3 rings (SSSR count). The van der Waals surface area contributed by atoms with E-state index in [-0.39, 0.29) is 6.03 Å². The van der Waals surface area contributed by atoms with Crippen LogP contribution < -0.4 is 25.0 Å². The van der Waals surface area contributed by atoms with Gasteiger partial charge in [0.2, 0.25) is 0 Å². The number of anilines is 2. The number of nitrogens with zero attached hydrogens (tertiary/aromatic N) is 2. The summed E-state index contributed by atoms with van der Waals surface area (Å²) in [6.45, 7) is 5.80. The number of amides is 2. The van der Waals surface area contributed by atoms with E-state index in [0.29, 0.717) is 23.7 Å². The summed E-state index contributed by atoms with van der Waals surface area (Å²) < 4.78 is 10.5. The molecule has 7 heteroatoms. The summed E-state index contributed by atoms with van der Waals surface area (Å²) in [6.07, 6.45) is 0.921. The monoisotopic (exact) mass is 398 g/mol. The van der Waals surface area contributed by atoms with Crippen LogP contribution in [0.3, 0.4) is 0 Å². The van der Waals surface area contributed by atoms with E-state index in [1.807, 2.05) is 6.07 Å². The summed E-state index contributed by atoms with van der Waals surface area (Å²) in [5.74, 6) is 1.21. The number of rotatable bonds is 8. The first kappa shape index (κ1) is 20.8. The molecule has 2 N–H and O–H groups in total. The van der Waals surface area contributed by atoms with Crippen molar-refractivity contribution < 1.29 is 14.3 Å². The number of ether oxygens (including phenoxy) is 2. The van der Waals surface area contributed by atoms with Crippen molar-refractivity contribution in [1.29, 1.82) is 0 Å². The van der Waals surface area contributed by atoms with Gasteiger partial charge in [-0.2, -0.15) is 0 Å². The molecule has 7 nitrogen and oxygen atoms in total. The van der Waals surface area contributed by atoms with E-state index in [1.165, 1.54) is 5.69 Å². The van der Waals surface area contributed by atoms with Crippen LogP contribution in [0.5, 0.6) is 11.5 Å². The summed E-state index contributed by atoms with van der Waals surface area (Å²) in [7, 11) is 3.15. The van der Waals surface area contributed by atoms with Crippen LogP contribution in [0.2, 0.25) is 0 Å². The van der Waals surface area contributed by atoms with Gasteiger partial charge in [-0.3, -0.25) is 4.90 Å². The number of carbonyl (C=O) groups is 1. The lowest BCUT2D eigenvalue weighted by atomic mass is 10.2. The molecular formula is C22H30N4O3. The maximum absolute atomic E-state index is 12.1. The summed E-state index contributed by atoms with van der Waals surface area (Å²) in [4.78, 5) is 17.0. The van der Waals surface area contributed by atoms with E-state index in [9.17, 15) is 4.79 Å². The number of piperazine rings is 1. The van der Waals surface area contributed by atoms with Crippen LogP contribution in [0.1, 0.15) is 6.42 Å². The Morgan fingerprint density at radius 3 is 2.38 bits per heavy atom. The van der Waals surface area contributed by atoms with Crippen molar-refractivity contribution in [3.05, 3.63) is 48.5 Å². The summed E-state index contributed by atoms with van der Waals surface area (Å²) in [5.41, 5.74) is 1.96. The van der Waals surface area contributed by atoms with Crippen LogP contribution in [0.15, 0.2) is 48.5 Å². The van der Waals surface area contributed by atoms with Crippen LogP contribution in [0.4, 0.5) is 16.2 Å². The molecule has 0 bridgehead atoms. The number of benzene rings is 2. The maximum atomic E-state index is 12.1. The molecule has 29 heavy (non-hydrogen) atoms. The molecule has 1 aliphatic heterocycles. The fourth-order valence-corrected chi connectivity index (χ4v) is 3.46. The molecule has 0 unspecified atom stereocenters. The molecule has 0 radical (unpaired) electrons. The van der Waals surface area contributed by atoms with Crippen molar-refractivity contribution in [2.24, 2.45) is 0 Å². The summed E-state index contributed by atoms with van der Waals surface area (Å²) in [5, 5.41) is 5.74. The van der Waals surface area contributed by atoms with Crippen LogP contribution in [0, 0.1) is 0 Å². The molecule has 156 valence electrons. The van der Waals surface area contributed by atoms with Crippen LogP contribution in [0.25, 0.3) is 0 Å². The first-order valence-corrected chi connectivity index (χ1v) is 9.99. The molecule has 0 spiro atoms. The number of carbonyl (C=O) groups excluding carboxylic acids is 1. The molecule has 1 saturated heterocycles. The average molecular weight is 399 g/mol.